The van der Waals surface area contributed by atoms with Gasteiger partial charge in [-0.2, -0.15) is 11.3 Å². The molecule has 0 radical (unpaired) electrons. The maximum atomic E-state index is 13.4. The Morgan fingerprint density at radius 3 is 2.95 bits per heavy atom. The van der Waals surface area contributed by atoms with E-state index in [0.717, 1.165) is 5.56 Å². The Kier molecular flexibility index (Phi) is 3.57. The Hall–Kier alpha value is -2.05. The lowest BCUT2D eigenvalue weighted by atomic mass is 9.99. The number of nitrogens with one attached hydrogen (secondary N) is 1. The van der Waals surface area contributed by atoms with Crippen LogP contribution in [0.4, 0.5) is 10.2 Å². The van der Waals surface area contributed by atoms with Gasteiger partial charge in [-0.15, -0.1) is 0 Å². The molecule has 0 spiro atoms. The number of benzene rings is 1. The number of hydrogen-bond acceptors (Lipinski definition) is 5. The molecule has 0 fully saturated rings. The number of aromatic nitrogens is 2. The first-order chi connectivity index (χ1) is 10.1. The maximum Gasteiger partial charge on any atom is 0.137 e. The van der Waals surface area contributed by atoms with Crippen LogP contribution in [0.15, 0.2) is 41.4 Å². The van der Waals surface area contributed by atoms with Crippen molar-refractivity contribution in [1.29, 1.82) is 0 Å². The zero-order valence-electron chi connectivity index (χ0n) is 11.4. The molecule has 0 unspecified atom stereocenters. The molecule has 0 saturated carbocycles. The van der Waals surface area contributed by atoms with Crippen molar-refractivity contribution in [1.82, 2.24) is 9.97 Å². The molecule has 3 aromatic rings. The number of rotatable bonds is 4. The zero-order valence-corrected chi connectivity index (χ0v) is 12.2. The van der Waals surface area contributed by atoms with Crippen molar-refractivity contribution in [3.8, 4) is 0 Å². The van der Waals surface area contributed by atoms with E-state index in [1.807, 2.05) is 16.8 Å². The minimum absolute atomic E-state index is 0.270. The summed E-state index contributed by atoms with van der Waals surface area (Å²) in [6.07, 6.45) is 1.42. The van der Waals surface area contributed by atoms with Gasteiger partial charge in [0.2, 0.25) is 0 Å². The lowest BCUT2D eigenvalue weighted by Gasteiger charge is -2.23. The predicted octanol–water partition coefficient (Wildman–Crippen LogP) is 3.15. The van der Waals surface area contributed by atoms with E-state index in [-0.39, 0.29) is 12.4 Å². The van der Waals surface area contributed by atoms with Crippen molar-refractivity contribution in [3.63, 3.8) is 0 Å². The molecule has 0 aliphatic carbocycles. The molecule has 0 aliphatic heterocycles. The van der Waals surface area contributed by atoms with Crippen molar-refractivity contribution in [2.45, 2.75) is 12.5 Å². The molecule has 0 amide bonds. The van der Waals surface area contributed by atoms with E-state index in [1.54, 1.807) is 13.0 Å². The highest BCUT2D eigenvalue weighted by atomic mass is 32.1. The van der Waals surface area contributed by atoms with E-state index in [4.69, 9.17) is 0 Å². The van der Waals surface area contributed by atoms with Crippen LogP contribution in [0.5, 0.6) is 0 Å². The number of fused-ring (bicyclic) bond motifs is 1. The van der Waals surface area contributed by atoms with Gasteiger partial charge in [-0.05, 0) is 47.5 Å². The van der Waals surface area contributed by atoms with Crippen molar-refractivity contribution in [2.24, 2.45) is 0 Å². The summed E-state index contributed by atoms with van der Waals surface area (Å²) >= 11 is 1.53. The molecule has 3 rings (SSSR count). The fourth-order valence-electron chi connectivity index (χ4n) is 2.10. The highest BCUT2D eigenvalue weighted by Gasteiger charge is 2.23. The SMILES string of the molecule is C[C@@](O)(CNc1ncnc2ccc(F)cc12)c1ccsc1. The summed E-state index contributed by atoms with van der Waals surface area (Å²) in [7, 11) is 0. The van der Waals surface area contributed by atoms with Gasteiger partial charge in [0.25, 0.3) is 0 Å². The average molecular weight is 303 g/mol. The minimum Gasteiger partial charge on any atom is -0.384 e. The predicted molar refractivity (Wildman–Crippen MR) is 81.9 cm³/mol. The fraction of sp³-hybridized carbons (Fsp3) is 0.200. The third-order valence-corrected chi connectivity index (χ3v) is 4.02. The number of nitrogens with zero attached hydrogens (tertiary/aromatic N) is 2. The monoisotopic (exact) mass is 303 g/mol. The van der Waals surface area contributed by atoms with Crippen LogP contribution in [0.1, 0.15) is 12.5 Å². The first-order valence-corrected chi connectivity index (χ1v) is 7.40. The summed E-state index contributed by atoms with van der Waals surface area (Å²) in [5.41, 5.74) is 0.471. The Bertz CT molecular complexity index is 759. The minimum atomic E-state index is -1.02. The van der Waals surface area contributed by atoms with Gasteiger partial charge in [0.05, 0.1) is 5.52 Å². The Morgan fingerprint density at radius 2 is 2.19 bits per heavy atom. The number of thiophene rings is 1. The van der Waals surface area contributed by atoms with Gasteiger partial charge in [0.15, 0.2) is 0 Å². The van der Waals surface area contributed by atoms with Gasteiger partial charge in [-0.3, -0.25) is 0 Å². The normalized spacial score (nSPS) is 14.0. The van der Waals surface area contributed by atoms with Crippen molar-refractivity contribution < 1.29 is 9.50 Å². The third kappa shape index (κ3) is 2.86. The first kappa shape index (κ1) is 13.9. The van der Waals surface area contributed by atoms with Crippen LogP contribution in [-0.4, -0.2) is 21.6 Å². The first-order valence-electron chi connectivity index (χ1n) is 6.45. The lowest BCUT2D eigenvalue weighted by Crippen LogP contribution is -2.30. The van der Waals surface area contributed by atoms with Crippen LogP contribution in [0.25, 0.3) is 10.9 Å². The standard InChI is InChI=1S/C15H14FN3OS/c1-15(20,10-4-5-21-7-10)8-17-14-12-6-11(16)2-3-13(12)18-9-19-14/h2-7,9,20H,8H2,1H3,(H,17,18,19)/t15-/m1/s1. The summed E-state index contributed by atoms with van der Waals surface area (Å²) in [6, 6.07) is 6.23. The van der Waals surface area contributed by atoms with Gasteiger partial charge in [-0.25, -0.2) is 14.4 Å². The molecule has 21 heavy (non-hydrogen) atoms. The molecule has 2 heterocycles. The fourth-order valence-corrected chi connectivity index (χ4v) is 2.88. The maximum absolute atomic E-state index is 13.4. The van der Waals surface area contributed by atoms with E-state index < -0.39 is 5.60 Å². The molecule has 108 valence electrons. The summed E-state index contributed by atoms with van der Waals surface area (Å²) in [6.45, 7) is 2.00. The molecule has 4 nitrogen and oxygen atoms in total. The summed E-state index contributed by atoms with van der Waals surface area (Å²) in [5.74, 6) is 0.167. The second-order valence-corrected chi connectivity index (χ2v) is 5.80. The molecule has 6 heteroatoms. The molecule has 0 aliphatic rings. The molecule has 1 aromatic carbocycles. The van der Waals surface area contributed by atoms with E-state index in [1.165, 1.54) is 29.8 Å². The average Bonchev–Trinajstić information content (AvgIpc) is 3.00. The molecule has 0 bridgehead atoms. The molecule has 2 aromatic heterocycles. The number of hydrogen-bond donors (Lipinski definition) is 2. The Labute approximate surface area is 125 Å². The van der Waals surface area contributed by atoms with Gasteiger partial charge in [0.1, 0.15) is 23.6 Å². The second-order valence-electron chi connectivity index (χ2n) is 5.02. The van der Waals surface area contributed by atoms with Gasteiger partial charge in [0, 0.05) is 11.9 Å². The van der Waals surface area contributed by atoms with E-state index in [9.17, 15) is 9.50 Å². The quantitative estimate of drug-likeness (QED) is 0.777. The summed E-state index contributed by atoms with van der Waals surface area (Å²) in [4.78, 5) is 8.23. The second kappa shape index (κ2) is 5.38. The van der Waals surface area contributed by atoms with E-state index >= 15 is 0 Å². The molecular formula is C15H14FN3OS. The van der Waals surface area contributed by atoms with Gasteiger partial charge in [-0.1, -0.05) is 0 Å². The topological polar surface area (TPSA) is 58.0 Å². The van der Waals surface area contributed by atoms with Crippen LogP contribution in [0.2, 0.25) is 0 Å². The van der Waals surface area contributed by atoms with Crippen LogP contribution in [0, 0.1) is 5.82 Å². The molecule has 2 N–H and O–H groups in total. The number of anilines is 1. The molecule has 1 atom stereocenters. The Morgan fingerprint density at radius 1 is 1.33 bits per heavy atom. The largest absolute Gasteiger partial charge is 0.384 e. The van der Waals surface area contributed by atoms with E-state index in [2.05, 4.69) is 15.3 Å². The van der Waals surface area contributed by atoms with E-state index in [0.29, 0.717) is 16.7 Å². The van der Waals surface area contributed by atoms with Crippen LogP contribution < -0.4 is 5.32 Å². The van der Waals surface area contributed by atoms with Crippen molar-refractivity contribution in [3.05, 3.63) is 52.7 Å². The number of aliphatic hydroxyl groups is 1. The van der Waals surface area contributed by atoms with Gasteiger partial charge < -0.3 is 10.4 Å². The smallest absolute Gasteiger partial charge is 0.137 e. The highest BCUT2D eigenvalue weighted by Crippen LogP contribution is 2.25. The van der Waals surface area contributed by atoms with Crippen LogP contribution >= 0.6 is 11.3 Å². The highest BCUT2D eigenvalue weighted by molar-refractivity contribution is 7.08. The summed E-state index contributed by atoms with van der Waals surface area (Å²) in [5, 5.41) is 18.0. The van der Waals surface area contributed by atoms with Crippen molar-refractivity contribution in [2.75, 3.05) is 11.9 Å². The Balaban J connectivity index is 1.87. The lowest BCUT2D eigenvalue weighted by molar-refractivity contribution is 0.0719. The van der Waals surface area contributed by atoms with Crippen LogP contribution in [-0.2, 0) is 5.60 Å². The van der Waals surface area contributed by atoms with Gasteiger partial charge >= 0.3 is 0 Å². The molecule has 0 saturated heterocycles. The third-order valence-electron chi connectivity index (χ3n) is 3.34. The number of halogens is 1. The van der Waals surface area contributed by atoms with Crippen molar-refractivity contribution >= 4 is 28.1 Å². The zero-order chi connectivity index (χ0) is 14.9. The summed E-state index contributed by atoms with van der Waals surface area (Å²) < 4.78 is 13.4. The molecular weight excluding hydrogens is 289 g/mol. The van der Waals surface area contributed by atoms with Crippen LogP contribution in [0.3, 0.4) is 0 Å².